The Balaban J connectivity index is 3.13. The maximum atomic E-state index is 11.0. The molecule has 0 atom stereocenters. The maximum Gasteiger partial charge on any atom is 0.384 e. The van der Waals surface area contributed by atoms with Crippen LogP contribution >= 0.6 is 11.6 Å². The Bertz CT molecular complexity index is 560. The fourth-order valence-corrected chi connectivity index (χ4v) is 1.34. The van der Waals surface area contributed by atoms with Crippen LogP contribution in [0, 0.1) is 22.0 Å². The molecule has 0 spiro atoms. The third-order valence-corrected chi connectivity index (χ3v) is 2.20. The Morgan fingerprint density at radius 2 is 2.28 bits per heavy atom. The third-order valence-electron chi connectivity index (χ3n) is 1.89. The van der Waals surface area contributed by atoms with Gasteiger partial charge in [0, 0.05) is 12.0 Å². The number of nitrogens with two attached hydrogens (primary N) is 1. The van der Waals surface area contributed by atoms with E-state index in [1.54, 1.807) is 6.92 Å². The lowest BCUT2D eigenvalue weighted by Gasteiger charge is -2.00. The zero-order valence-electron chi connectivity index (χ0n) is 9.40. The number of nitro benzene ring substituents is 1. The van der Waals surface area contributed by atoms with E-state index in [4.69, 9.17) is 17.3 Å². The molecule has 0 aromatic heterocycles. The molecule has 0 aliphatic carbocycles. The van der Waals surface area contributed by atoms with Crippen LogP contribution in [0.4, 0.5) is 11.4 Å². The van der Waals surface area contributed by atoms with E-state index in [-0.39, 0.29) is 28.6 Å². The highest BCUT2D eigenvalue weighted by atomic mass is 35.5. The van der Waals surface area contributed by atoms with Crippen LogP contribution < -0.4 is 5.73 Å². The normalized spacial score (nSPS) is 9.22. The first-order chi connectivity index (χ1) is 8.45. The second-order valence-corrected chi connectivity index (χ2v) is 3.53. The van der Waals surface area contributed by atoms with Crippen molar-refractivity contribution in [2.24, 2.45) is 0 Å². The molecular formula is C11H9ClN2O4. The summed E-state index contributed by atoms with van der Waals surface area (Å²) in [5, 5.41) is 10.8. The molecule has 0 amide bonds. The van der Waals surface area contributed by atoms with Crippen LogP contribution in [-0.2, 0) is 9.53 Å². The van der Waals surface area contributed by atoms with Gasteiger partial charge in [-0.2, -0.15) is 0 Å². The van der Waals surface area contributed by atoms with Gasteiger partial charge in [-0.15, -0.1) is 0 Å². The van der Waals surface area contributed by atoms with Crippen molar-refractivity contribution in [1.82, 2.24) is 0 Å². The van der Waals surface area contributed by atoms with Crippen molar-refractivity contribution in [2.75, 3.05) is 12.3 Å². The number of hydrogen-bond donors (Lipinski definition) is 1. The largest absolute Gasteiger partial charge is 0.456 e. The predicted octanol–water partition coefficient (Wildman–Crippen LogP) is 1.75. The number of benzene rings is 1. The third kappa shape index (κ3) is 3.37. The van der Waals surface area contributed by atoms with E-state index in [2.05, 4.69) is 16.6 Å². The number of nitrogens with zero attached hydrogens (tertiary/aromatic N) is 1. The topological polar surface area (TPSA) is 95.5 Å². The van der Waals surface area contributed by atoms with Crippen LogP contribution in [0.3, 0.4) is 0 Å². The number of halogens is 1. The average Bonchev–Trinajstić information content (AvgIpc) is 2.27. The molecule has 6 nitrogen and oxygen atoms in total. The summed E-state index contributed by atoms with van der Waals surface area (Å²) in [4.78, 5) is 21.0. The van der Waals surface area contributed by atoms with Gasteiger partial charge < -0.3 is 10.5 Å². The van der Waals surface area contributed by atoms with Crippen LogP contribution in [-0.4, -0.2) is 17.5 Å². The van der Waals surface area contributed by atoms with Gasteiger partial charge in [-0.05, 0) is 13.0 Å². The van der Waals surface area contributed by atoms with Gasteiger partial charge in [-0.25, -0.2) is 4.79 Å². The van der Waals surface area contributed by atoms with Crippen LogP contribution in [0.1, 0.15) is 12.5 Å². The first-order valence-electron chi connectivity index (χ1n) is 4.88. The molecule has 0 aliphatic rings. The highest BCUT2D eigenvalue weighted by Crippen LogP contribution is 2.28. The molecule has 1 aromatic rings. The van der Waals surface area contributed by atoms with Crippen molar-refractivity contribution in [1.29, 1.82) is 0 Å². The molecule has 7 heteroatoms. The smallest absolute Gasteiger partial charge is 0.384 e. The van der Waals surface area contributed by atoms with Gasteiger partial charge in [0.1, 0.15) is 5.69 Å². The number of anilines is 1. The van der Waals surface area contributed by atoms with Crippen molar-refractivity contribution >= 4 is 28.9 Å². The Kier molecular flexibility index (Phi) is 4.52. The van der Waals surface area contributed by atoms with E-state index in [0.717, 1.165) is 6.07 Å². The minimum atomic E-state index is -0.729. The number of ether oxygens (including phenoxy) is 1. The number of nitrogen functional groups attached to an aromatic ring is 1. The van der Waals surface area contributed by atoms with Crippen LogP contribution in [0.5, 0.6) is 0 Å². The standard InChI is InChI=1S/C11H9ClN2O4/c1-2-18-11(15)4-3-7-5-10(14(16)17)9(13)6-8(7)12/h5-6H,2,13H2,1H3. The van der Waals surface area contributed by atoms with Gasteiger partial charge in [0.05, 0.1) is 22.1 Å². The summed E-state index contributed by atoms with van der Waals surface area (Å²) in [6.45, 7) is 1.84. The molecule has 2 N–H and O–H groups in total. The number of esters is 1. The number of nitro groups is 1. The molecule has 94 valence electrons. The Labute approximate surface area is 108 Å². The highest BCUT2D eigenvalue weighted by Gasteiger charge is 2.14. The Hall–Kier alpha value is -2.26. The van der Waals surface area contributed by atoms with Crippen molar-refractivity contribution in [3.63, 3.8) is 0 Å². The Morgan fingerprint density at radius 1 is 1.61 bits per heavy atom. The first-order valence-corrected chi connectivity index (χ1v) is 5.25. The van der Waals surface area contributed by atoms with Gasteiger partial charge in [-0.3, -0.25) is 10.1 Å². The molecule has 0 saturated carbocycles. The minimum Gasteiger partial charge on any atom is -0.456 e. The van der Waals surface area contributed by atoms with E-state index in [1.165, 1.54) is 6.07 Å². The Morgan fingerprint density at radius 3 is 2.83 bits per heavy atom. The summed E-state index contributed by atoms with van der Waals surface area (Å²) in [6.07, 6.45) is 0. The average molecular weight is 269 g/mol. The van der Waals surface area contributed by atoms with Crippen molar-refractivity contribution in [2.45, 2.75) is 6.92 Å². The van der Waals surface area contributed by atoms with Crippen molar-refractivity contribution in [3.05, 3.63) is 32.8 Å². The minimum absolute atomic E-state index is 0.0633. The molecule has 0 fully saturated rings. The molecular weight excluding hydrogens is 260 g/mol. The quantitative estimate of drug-likeness (QED) is 0.290. The second-order valence-electron chi connectivity index (χ2n) is 3.12. The van der Waals surface area contributed by atoms with Gasteiger partial charge in [-0.1, -0.05) is 17.5 Å². The van der Waals surface area contributed by atoms with Gasteiger partial charge in [0.25, 0.3) is 5.69 Å². The summed E-state index contributed by atoms with van der Waals surface area (Å²) in [7, 11) is 0. The molecule has 0 saturated heterocycles. The predicted molar refractivity (Wildman–Crippen MR) is 66.0 cm³/mol. The van der Waals surface area contributed by atoms with E-state index in [1.807, 2.05) is 0 Å². The van der Waals surface area contributed by atoms with E-state index < -0.39 is 10.9 Å². The molecule has 0 radical (unpaired) electrons. The highest BCUT2D eigenvalue weighted by molar-refractivity contribution is 6.32. The lowest BCUT2D eigenvalue weighted by molar-refractivity contribution is -0.383. The summed E-state index contributed by atoms with van der Waals surface area (Å²) in [5.41, 5.74) is 5.20. The summed E-state index contributed by atoms with van der Waals surface area (Å²) in [5.74, 6) is 3.84. The van der Waals surface area contributed by atoms with Gasteiger partial charge in [0.2, 0.25) is 0 Å². The number of hydrogen-bond acceptors (Lipinski definition) is 5. The number of rotatable bonds is 2. The zero-order chi connectivity index (χ0) is 13.7. The monoisotopic (exact) mass is 268 g/mol. The van der Waals surface area contributed by atoms with Crippen molar-refractivity contribution in [3.8, 4) is 11.8 Å². The number of carbonyl (C=O) groups is 1. The van der Waals surface area contributed by atoms with Gasteiger partial charge in [0.15, 0.2) is 0 Å². The summed E-state index contributed by atoms with van der Waals surface area (Å²) < 4.78 is 4.59. The van der Waals surface area contributed by atoms with Crippen LogP contribution in [0.15, 0.2) is 12.1 Å². The molecule has 0 bridgehead atoms. The second kappa shape index (κ2) is 5.89. The van der Waals surface area contributed by atoms with E-state index in [0.29, 0.717) is 0 Å². The van der Waals surface area contributed by atoms with Crippen LogP contribution in [0.2, 0.25) is 5.02 Å². The molecule has 0 unspecified atom stereocenters. The fourth-order valence-electron chi connectivity index (χ4n) is 1.12. The molecule has 0 heterocycles. The SMILES string of the molecule is CCOC(=O)C#Cc1cc([N+](=O)[O-])c(N)cc1Cl. The molecule has 18 heavy (non-hydrogen) atoms. The molecule has 1 rings (SSSR count). The van der Waals surface area contributed by atoms with Crippen LogP contribution in [0.25, 0.3) is 0 Å². The lowest BCUT2D eigenvalue weighted by atomic mass is 10.2. The summed E-state index contributed by atoms with van der Waals surface area (Å²) in [6, 6.07) is 2.33. The lowest BCUT2D eigenvalue weighted by Crippen LogP contribution is -2.00. The van der Waals surface area contributed by atoms with Gasteiger partial charge >= 0.3 is 5.97 Å². The first kappa shape index (κ1) is 13.8. The van der Waals surface area contributed by atoms with E-state index >= 15 is 0 Å². The zero-order valence-corrected chi connectivity index (χ0v) is 10.2. The fraction of sp³-hybridized carbons (Fsp3) is 0.182. The van der Waals surface area contributed by atoms with E-state index in [9.17, 15) is 14.9 Å². The molecule has 0 aliphatic heterocycles. The molecule has 1 aromatic carbocycles. The number of carbonyl (C=O) groups excluding carboxylic acids is 1. The summed E-state index contributed by atoms with van der Waals surface area (Å²) >= 11 is 5.81. The van der Waals surface area contributed by atoms with Crippen molar-refractivity contribution < 1.29 is 14.5 Å². The maximum absolute atomic E-state index is 11.0.